The Kier molecular flexibility index (Phi) is 18.4. The van der Waals surface area contributed by atoms with Gasteiger partial charge in [0.05, 0.1) is 59.8 Å². The molecule has 0 bridgehead atoms. The average molecular weight is 938 g/mol. The van der Waals surface area contributed by atoms with Gasteiger partial charge in [-0.15, -0.1) is 0 Å². The molecule has 0 unspecified atom stereocenters. The minimum absolute atomic E-state index is 0.126. The van der Waals surface area contributed by atoms with Crippen LogP contribution in [0.4, 0.5) is 5.69 Å². The van der Waals surface area contributed by atoms with E-state index < -0.39 is 12.1 Å². The second-order valence-electron chi connectivity index (χ2n) is 15.5. The summed E-state index contributed by atoms with van der Waals surface area (Å²) in [6.07, 6.45) is 6.56. The zero-order valence-corrected chi connectivity index (χ0v) is 38.5. The fraction of sp³-hybridized carbons (Fsp3) is 0.300. The van der Waals surface area contributed by atoms with Crippen molar-refractivity contribution in [3.8, 4) is 40.2 Å². The molecule has 0 atom stereocenters. The molecule has 2 aromatic heterocycles. The molecule has 6 rings (SSSR count). The minimum atomic E-state index is -0.536. The molecular formula is C50H54Cl2N6O8. The number of aromatic nitrogens is 2. The van der Waals surface area contributed by atoms with Crippen molar-refractivity contribution in [3.05, 3.63) is 158 Å². The molecule has 0 radical (unpaired) electrons. The van der Waals surface area contributed by atoms with Crippen LogP contribution < -0.4 is 34.9 Å². The lowest BCUT2D eigenvalue weighted by atomic mass is 9.92. The predicted molar refractivity (Wildman–Crippen MR) is 254 cm³/mol. The highest BCUT2D eigenvalue weighted by Crippen LogP contribution is 2.37. The molecule has 7 N–H and O–H groups in total. The fourth-order valence-corrected chi connectivity index (χ4v) is 7.51. The van der Waals surface area contributed by atoms with Gasteiger partial charge in [0, 0.05) is 79.3 Å². The summed E-state index contributed by atoms with van der Waals surface area (Å²) >= 11 is 13.6. The maximum Gasteiger partial charge on any atom is 0.142 e. The number of pyridine rings is 2. The molecule has 6 aromatic rings. The van der Waals surface area contributed by atoms with Crippen LogP contribution in [0.1, 0.15) is 50.1 Å². The van der Waals surface area contributed by atoms with Gasteiger partial charge in [-0.25, -0.2) is 0 Å². The number of anilines is 1. The van der Waals surface area contributed by atoms with Gasteiger partial charge < -0.3 is 55.3 Å². The van der Waals surface area contributed by atoms with Crippen molar-refractivity contribution in [3.63, 3.8) is 0 Å². The number of hydrogen-bond acceptors (Lipinski definition) is 14. The van der Waals surface area contributed by atoms with E-state index in [-0.39, 0.29) is 65.9 Å². The Balaban J connectivity index is 1.19. The molecule has 66 heavy (non-hydrogen) atoms. The maximum absolute atomic E-state index is 9.63. The monoisotopic (exact) mass is 936 g/mol. The molecule has 346 valence electrons. The third-order valence-electron chi connectivity index (χ3n) is 11.0. The number of hydrogen-bond donors (Lipinski definition) is 7. The topological polar surface area (TPSA) is 203 Å². The van der Waals surface area contributed by atoms with Crippen LogP contribution in [0.5, 0.6) is 23.0 Å². The van der Waals surface area contributed by atoms with Gasteiger partial charge >= 0.3 is 0 Å². The summed E-state index contributed by atoms with van der Waals surface area (Å²) in [4.78, 5) is 8.41. The lowest BCUT2D eigenvalue weighted by Gasteiger charge is -2.20. The first-order valence-corrected chi connectivity index (χ1v) is 22.0. The van der Waals surface area contributed by atoms with E-state index in [2.05, 4.69) is 58.0 Å². The smallest absolute Gasteiger partial charge is 0.142 e. The van der Waals surface area contributed by atoms with Crippen molar-refractivity contribution >= 4 is 28.9 Å². The number of halogens is 2. The summed E-state index contributed by atoms with van der Waals surface area (Å²) in [7, 11) is 1.82. The molecule has 14 nitrogen and oxygen atoms in total. The summed E-state index contributed by atoms with van der Waals surface area (Å²) in [6, 6.07) is 23.8. The van der Waals surface area contributed by atoms with Crippen molar-refractivity contribution in [2.45, 2.75) is 65.4 Å². The molecule has 0 aliphatic carbocycles. The highest BCUT2D eigenvalue weighted by Gasteiger charge is 2.18. The summed E-state index contributed by atoms with van der Waals surface area (Å²) < 4.78 is 25.3. The molecule has 0 aliphatic heterocycles. The molecule has 0 spiro atoms. The second-order valence-corrected chi connectivity index (χ2v) is 16.3. The molecule has 0 saturated carbocycles. The van der Waals surface area contributed by atoms with E-state index in [9.17, 15) is 25.7 Å². The first-order chi connectivity index (χ1) is 32.1. The van der Waals surface area contributed by atoms with E-state index in [0.29, 0.717) is 49.7 Å². The highest BCUT2D eigenvalue weighted by molar-refractivity contribution is 6.32. The Morgan fingerprint density at radius 3 is 1.48 bits per heavy atom. The van der Waals surface area contributed by atoms with Crippen LogP contribution in [0, 0.1) is 25.2 Å². The first kappa shape index (κ1) is 49.4. The zero-order chi connectivity index (χ0) is 47.0. The molecule has 16 heteroatoms. The van der Waals surface area contributed by atoms with E-state index in [1.807, 2.05) is 37.4 Å². The van der Waals surface area contributed by atoms with Crippen LogP contribution >= 0.6 is 23.2 Å². The number of rotatable bonds is 24. The van der Waals surface area contributed by atoms with Gasteiger partial charge in [0.1, 0.15) is 55.5 Å². The van der Waals surface area contributed by atoms with Crippen molar-refractivity contribution in [2.24, 2.45) is 0 Å². The zero-order valence-electron chi connectivity index (χ0n) is 37.0. The van der Waals surface area contributed by atoms with Crippen LogP contribution in [0.25, 0.3) is 11.1 Å². The van der Waals surface area contributed by atoms with Crippen LogP contribution in [0.3, 0.4) is 0 Å². The SMILES string of the molecule is CNc1cncc(COc2cc(OCc3cccc(-c4cccc(COc5cc(OCc6cncc(C#N)c6)c(CNC(CO)CO)cc5Cl)c4C)c3C)c(Cl)cc2CNC(CO)CO)c1. The number of aliphatic hydroxyl groups excluding tert-OH is 4. The van der Waals surface area contributed by atoms with E-state index in [1.54, 1.807) is 48.9 Å². The number of ether oxygens (including phenoxy) is 4. The van der Waals surface area contributed by atoms with Gasteiger partial charge in [0.15, 0.2) is 0 Å². The number of nitrogens with one attached hydrogen (secondary N) is 3. The second kappa shape index (κ2) is 24.5. The summed E-state index contributed by atoms with van der Waals surface area (Å²) in [6.45, 7) is 4.45. The molecule has 0 amide bonds. The third kappa shape index (κ3) is 13.1. The minimum Gasteiger partial charge on any atom is -0.488 e. The van der Waals surface area contributed by atoms with Gasteiger partial charge in [-0.05, 0) is 71.5 Å². The van der Waals surface area contributed by atoms with E-state index >= 15 is 0 Å². The van der Waals surface area contributed by atoms with Gasteiger partial charge in [-0.1, -0.05) is 59.6 Å². The molecule has 0 aliphatic rings. The van der Waals surface area contributed by atoms with E-state index in [0.717, 1.165) is 50.2 Å². The Morgan fingerprint density at radius 1 is 0.576 bits per heavy atom. The van der Waals surface area contributed by atoms with Crippen LogP contribution in [-0.4, -0.2) is 76.0 Å². The lowest BCUT2D eigenvalue weighted by molar-refractivity contribution is 0.169. The quantitative estimate of drug-likeness (QED) is 0.0322. The number of nitriles is 1. The standard InChI is InChI=1S/C50H54Cl2N6O8/c1-31-36(29-65-49-14-47(63-27-34-10-33(16-53)17-55-18-34)38(12-45(49)51)20-57-41(23-59)24-60)6-4-8-43(31)44-9-5-7-37(32(44)2)30-66-50-15-48(64-28-35-11-40(54-3)22-56-19-35)39(13-46(50)52)21-58-42(25-61)26-62/h4-15,17-19,22,41-42,54,57-62H,20-21,23-30H2,1-3H3. The fourth-order valence-electron chi connectivity index (χ4n) is 7.03. The predicted octanol–water partition coefficient (Wildman–Crippen LogP) is 7.18. The van der Waals surface area contributed by atoms with Crippen LogP contribution in [0.15, 0.2) is 97.6 Å². The average Bonchev–Trinajstić information content (AvgIpc) is 3.34. The number of nitrogens with zero attached hydrogens (tertiary/aromatic N) is 3. The Hall–Kier alpha value is -5.99. The van der Waals surface area contributed by atoms with E-state index in [1.165, 1.54) is 6.20 Å². The third-order valence-corrected chi connectivity index (χ3v) is 11.6. The Labute approximate surface area is 394 Å². The maximum atomic E-state index is 9.63. The van der Waals surface area contributed by atoms with E-state index in [4.69, 9.17) is 42.1 Å². The summed E-state index contributed by atoms with van der Waals surface area (Å²) in [5.41, 5.74) is 10.2. The van der Waals surface area contributed by atoms with Gasteiger partial charge in [0.25, 0.3) is 0 Å². The number of benzene rings is 4. The van der Waals surface area contributed by atoms with Gasteiger partial charge in [0.2, 0.25) is 0 Å². The van der Waals surface area contributed by atoms with Crippen molar-refractivity contribution in [2.75, 3.05) is 38.8 Å². The lowest BCUT2D eigenvalue weighted by Crippen LogP contribution is -2.35. The largest absolute Gasteiger partial charge is 0.488 e. The Morgan fingerprint density at radius 2 is 1.03 bits per heavy atom. The van der Waals surface area contributed by atoms with Crippen molar-refractivity contribution < 1.29 is 39.4 Å². The van der Waals surface area contributed by atoms with Crippen molar-refractivity contribution in [1.82, 2.24) is 20.6 Å². The van der Waals surface area contributed by atoms with Gasteiger partial charge in [-0.3, -0.25) is 9.97 Å². The Bertz CT molecular complexity index is 2600. The first-order valence-electron chi connectivity index (χ1n) is 21.3. The normalized spacial score (nSPS) is 11.2. The molecule has 0 fully saturated rings. The van der Waals surface area contributed by atoms with Crippen LogP contribution in [0.2, 0.25) is 10.0 Å². The van der Waals surface area contributed by atoms with Crippen molar-refractivity contribution in [1.29, 1.82) is 5.26 Å². The number of aliphatic hydroxyl groups is 4. The highest BCUT2D eigenvalue weighted by atomic mass is 35.5. The summed E-state index contributed by atoms with van der Waals surface area (Å²) in [5, 5.41) is 57.9. The van der Waals surface area contributed by atoms with Gasteiger partial charge in [-0.2, -0.15) is 5.26 Å². The molecule has 2 heterocycles. The molecular weight excluding hydrogens is 883 g/mol. The molecule has 4 aromatic carbocycles. The summed E-state index contributed by atoms with van der Waals surface area (Å²) in [5.74, 6) is 1.83. The van der Waals surface area contributed by atoms with Crippen LogP contribution in [-0.2, 0) is 39.5 Å². The molecule has 0 saturated heterocycles.